The molecule has 21 heavy (non-hydrogen) atoms. The number of hydrogen-bond donors (Lipinski definition) is 1. The molecule has 116 valence electrons. The Balaban J connectivity index is 1.86. The summed E-state index contributed by atoms with van der Waals surface area (Å²) in [6.07, 6.45) is 5.82. The minimum absolute atomic E-state index is 0.0182. The SMILES string of the molecule is CCNC1CC2(CCC(OC)CC2)Oc2cc(Br)ccc21. The van der Waals surface area contributed by atoms with Crippen LogP contribution in [0, 0.1) is 0 Å². The van der Waals surface area contributed by atoms with Crippen LogP contribution in [0.1, 0.15) is 50.6 Å². The minimum Gasteiger partial charge on any atom is -0.487 e. The van der Waals surface area contributed by atoms with Gasteiger partial charge in [0.15, 0.2) is 0 Å². The third-order valence-corrected chi connectivity index (χ3v) is 5.37. The standard InChI is InChI=1S/C17H24BrNO2/c1-3-19-15-11-17(8-6-13(20-2)7-9-17)21-16-10-12(18)4-5-14(15)16/h4-5,10,13,15,19H,3,6-9,11H2,1-2H3. The normalized spacial score (nSPS) is 31.8. The van der Waals surface area contributed by atoms with Crippen LogP contribution < -0.4 is 10.1 Å². The first-order valence-corrected chi connectivity index (χ1v) is 8.70. The van der Waals surface area contributed by atoms with E-state index >= 15 is 0 Å². The summed E-state index contributed by atoms with van der Waals surface area (Å²) in [5.41, 5.74) is 1.27. The zero-order valence-electron chi connectivity index (χ0n) is 12.8. The molecular weight excluding hydrogens is 330 g/mol. The molecule has 1 saturated carbocycles. The van der Waals surface area contributed by atoms with Crippen molar-refractivity contribution in [1.29, 1.82) is 0 Å². The maximum Gasteiger partial charge on any atom is 0.126 e. The molecule has 3 nitrogen and oxygen atoms in total. The lowest BCUT2D eigenvalue weighted by atomic mass is 9.76. The molecule has 0 radical (unpaired) electrons. The van der Waals surface area contributed by atoms with Gasteiger partial charge in [0, 0.05) is 29.6 Å². The number of hydrogen-bond acceptors (Lipinski definition) is 3. The van der Waals surface area contributed by atoms with Gasteiger partial charge < -0.3 is 14.8 Å². The maximum atomic E-state index is 6.49. The highest BCUT2D eigenvalue weighted by Crippen LogP contribution is 2.47. The summed E-state index contributed by atoms with van der Waals surface area (Å²) in [5.74, 6) is 1.04. The van der Waals surface area contributed by atoms with Gasteiger partial charge in [0.2, 0.25) is 0 Å². The van der Waals surface area contributed by atoms with Gasteiger partial charge in [0.25, 0.3) is 0 Å². The van der Waals surface area contributed by atoms with Gasteiger partial charge in [-0.15, -0.1) is 0 Å². The first kappa shape index (κ1) is 15.3. The van der Waals surface area contributed by atoms with Crippen LogP contribution in [0.25, 0.3) is 0 Å². The number of methoxy groups -OCH3 is 1. The fraction of sp³-hybridized carbons (Fsp3) is 0.647. The van der Waals surface area contributed by atoms with E-state index < -0.39 is 0 Å². The van der Waals surface area contributed by atoms with Crippen LogP contribution in [0.15, 0.2) is 22.7 Å². The van der Waals surface area contributed by atoms with E-state index in [0.717, 1.165) is 48.9 Å². The molecule has 0 aromatic heterocycles. The summed E-state index contributed by atoms with van der Waals surface area (Å²) < 4.78 is 13.1. The van der Waals surface area contributed by atoms with Crippen molar-refractivity contribution >= 4 is 15.9 Å². The molecule has 1 unspecified atom stereocenters. The number of halogens is 1. The fourth-order valence-corrected chi connectivity index (χ4v) is 4.07. The van der Waals surface area contributed by atoms with E-state index in [0.29, 0.717) is 12.1 Å². The van der Waals surface area contributed by atoms with E-state index in [4.69, 9.17) is 9.47 Å². The van der Waals surface area contributed by atoms with Gasteiger partial charge in [-0.05, 0) is 44.4 Å². The highest BCUT2D eigenvalue weighted by Gasteiger charge is 2.43. The summed E-state index contributed by atoms with van der Waals surface area (Å²) in [5, 5.41) is 3.63. The first-order chi connectivity index (χ1) is 10.2. The second-order valence-corrected chi connectivity index (χ2v) is 7.13. The molecule has 1 spiro atoms. The molecule has 0 bridgehead atoms. The molecule has 2 aliphatic rings. The van der Waals surface area contributed by atoms with Crippen LogP contribution in [-0.2, 0) is 4.74 Å². The number of fused-ring (bicyclic) bond motifs is 1. The molecule has 1 heterocycles. The van der Waals surface area contributed by atoms with Crippen molar-refractivity contribution < 1.29 is 9.47 Å². The predicted octanol–water partition coefficient (Wildman–Crippen LogP) is 4.21. The van der Waals surface area contributed by atoms with Crippen LogP contribution >= 0.6 is 15.9 Å². The first-order valence-electron chi connectivity index (χ1n) is 7.90. The lowest BCUT2D eigenvalue weighted by molar-refractivity contribution is -0.0453. The molecule has 1 atom stereocenters. The van der Waals surface area contributed by atoms with E-state index in [2.05, 4.69) is 46.4 Å². The van der Waals surface area contributed by atoms with Crippen molar-refractivity contribution in [2.75, 3.05) is 13.7 Å². The second-order valence-electron chi connectivity index (χ2n) is 6.22. The maximum absolute atomic E-state index is 6.49. The van der Waals surface area contributed by atoms with E-state index in [9.17, 15) is 0 Å². The summed E-state index contributed by atoms with van der Waals surface area (Å²) >= 11 is 3.56. The smallest absolute Gasteiger partial charge is 0.126 e. The molecule has 1 aromatic carbocycles. The topological polar surface area (TPSA) is 30.5 Å². The Labute approximate surface area is 135 Å². The Kier molecular flexibility index (Phi) is 4.57. The van der Waals surface area contributed by atoms with Gasteiger partial charge in [-0.1, -0.05) is 28.9 Å². The van der Waals surface area contributed by atoms with Crippen LogP contribution in [0.2, 0.25) is 0 Å². The van der Waals surface area contributed by atoms with Crippen molar-refractivity contribution in [2.45, 2.75) is 56.8 Å². The number of rotatable bonds is 3. The van der Waals surface area contributed by atoms with Crippen molar-refractivity contribution in [1.82, 2.24) is 5.32 Å². The monoisotopic (exact) mass is 353 g/mol. The highest BCUT2D eigenvalue weighted by atomic mass is 79.9. The van der Waals surface area contributed by atoms with E-state index in [1.165, 1.54) is 5.56 Å². The molecule has 1 aromatic rings. The van der Waals surface area contributed by atoms with Gasteiger partial charge >= 0.3 is 0 Å². The summed E-state index contributed by atoms with van der Waals surface area (Å²) in [6, 6.07) is 6.79. The van der Waals surface area contributed by atoms with Gasteiger partial charge in [-0.3, -0.25) is 0 Å². The Morgan fingerprint density at radius 1 is 1.38 bits per heavy atom. The molecule has 0 saturated heterocycles. The predicted molar refractivity (Wildman–Crippen MR) is 87.8 cm³/mol. The third-order valence-electron chi connectivity index (χ3n) is 4.88. The lowest BCUT2D eigenvalue weighted by Gasteiger charge is -2.46. The molecule has 3 rings (SSSR count). The fourth-order valence-electron chi connectivity index (χ4n) is 3.73. The molecule has 4 heteroatoms. The van der Waals surface area contributed by atoms with E-state index in [1.54, 1.807) is 0 Å². The highest BCUT2D eigenvalue weighted by molar-refractivity contribution is 9.10. The molecule has 1 aliphatic heterocycles. The number of benzene rings is 1. The van der Waals surface area contributed by atoms with Crippen LogP contribution in [0.4, 0.5) is 0 Å². The summed E-state index contributed by atoms with van der Waals surface area (Å²) in [4.78, 5) is 0. The van der Waals surface area contributed by atoms with Crippen LogP contribution in [0.5, 0.6) is 5.75 Å². The van der Waals surface area contributed by atoms with Gasteiger partial charge in [-0.2, -0.15) is 0 Å². The Hall–Kier alpha value is -0.580. The zero-order chi connectivity index (χ0) is 14.9. The van der Waals surface area contributed by atoms with Gasteiger partial charge in [0.05, 0.1) is 6.10 Å². The number of nitrogens with one attached hydrogen (secondary N) is 1. The van der Waals surface area contributed by atoms with Crippen molar-refractivity contribution in [3.8, 4) is 5.75 Å². The average molecular weight is 354 g/mol. The lowest BCUT2D eigenvalue weighted by Crippen LogP contribution is -2.47. The van der Waals surface area contributed by atoms with Crippen molar-refractivity contribution in [3.63, 3.8) is 0 Å². The molecule has 1 fully saturated rings. The quantitative estimate of drug-likeness (QED) is 0.882. The van der Waals surface area contributed by atoms with Crippen LogP contribution in [0.3, 0.4) is 0 Å². The Bertz CT molecular complexity index is 498. The van der Waals surface area contributed by atoms with E-state index in [-0.39, 0.29) is 5.60 Å². The molecule has 0 amide bonds. The largest absolute Gasteiger partial charge is 0.487 e. The molecule has 1 aliphatic carbocycles. The average Bonchev–Trinajstić information content (AvgIpc) is 2.48. The van der Waals surface area contributed by atoms with Gasteiger partial charge in [-0.25, -0.2) is 0 Å². The third kappa shape index (κ3) is 3.13. The second kappa shape index (κ2) is 6.27. The zero-order valence-corrected chi connectivity index (χ0v) is 14.4. The number of ether oxygens (including phenoxy) is 2. The van der Waals surface area contributed by atoms with E-state index in [1.807, 2.05) is 7.11 Å². The Morgan fingerprint density at radius 3 is 2.81 bits per heavy atom. The van der Waals surface area contributed by atoms with Gasteiger partial charge in [0.1, 0.15) is 11.4 Å². The molecular formula is C17H24BrNO2. The van der Waals surface area contributed by atoms with Crippen LogP contribution in [-0.4, -0.2) is 25.4 Å². The summed E-state index contributed by atoms with van der Waals surface area (Å²) in [7, 11) is 1.82. The summed E-state index contributed by atoms with van der Waals surface area (Å²) in [6.45, 7) is 3.15. The van der Waals surface area contributed by atoms with Crippen molar-refractivity contribution in [2.24, 2.45) is 0 Å². The molecule has 1 N–H and O–H groups in total. The minimum atomic E-state index is -0.0182. The Morgan fingerprint density at radius 2 is 2.14 bits per heavy atom. The van der Waals surface area contributed by atoms with Crippen molar-refractivity contribution in [3.05, 3.63) is 28.2 Å².